The van der Waals surface area contributed by atoms with Gasteiger partial charge in [0, 0.05) is 19.3 Å². The Kier molecular flexibility index (Phi) is 59.0. The third kappa shape index (κ3) is 61.5. The summed E-state index contributed by atoms with van der Waals surface area (Å²) in [4.78, 5) is 38.2. The van der Waals surface area contributed by atoms with Gasteiger partial charge >= 0.3 is 17.9 Å². The lowest BCUT2D eigenvalue weighted by atomic mass is 10.1. The van der Waals surface area contributed by atoms with E-state index in [0.717, 1.165) is 161 Å². The molecule has 1 unspecified atom stereocenters. The number of allylic oxidation sites excluding steroid dienone is 28. The summed E-state index contributed by atoms with van der Waals surface area (Å²) in [6.45, 7) is 6.22. The second kappa shape index (κ2) is 63.3. The number of unbranched alkanes of at least 4 members (excludes halogenated alkanes) is 14. The molecule has 0 saturated heterocycles. The normalized spacial score (nSPS) is 13.3. The van der Waals surface area contributed by atoms with Crippen molar-refractivity contribution in [2.45, 2.75) is 245 Å². The summed E-state index contributed by atoms with van der Waals surface area (Å²) in [5, 5.41) is 0. The van der Waals surface area contributed by atoms with Gasteiger partial charge < -0.3 is 14.2 Å². The van der Waals surface area contributed by atoms with Gasteiger partial charge in [0.15, 0.2) is 6.10 Å². The van der Waals surface area contributed by atoms with Crippen LogP contribution in [0.5, 0.6) is 0 Å². The Morgan fingerprint density at radius 1 is 0.260 bits per heavy atom. The lowest BCUT2D eigenvalue weighted by Gasteiger charge is -2.18. The summed E-state index contributed by atoms with van der Waals surface area (Å²) in [7, 11) is 0. The molecule has 0 aromatic rings. The second-order valence-corrected chi connectivity index (χ2v) is 19.5. The number of carbonyl (C=O) groups excluding carboxylic acids is 3. The number of ether oxygens (including phenoxy) is 3. The molecule has 0 fully saturated rings. The first kappa shape index (κ1) is 71.8. The van der Waals surface area contributed by atoms with E-state index in [1.54, 1.807) is 0 Å². The molecule has 6 heteroatoms. The summed E-state index contributed by atoms with van der Waals surface area (Å²) >= 11 is 0. The third-order valence-corrected chi connectivity index (χ3v) is 12.2. The minimum Gasteiger partial charge on any atom is -0.462 e. The van der Waals surface area contributed by atoms with E-state index < -0.39 is 6.10 Å². The SMILES string of the molecule is CC/C=C\C/C=C\C/C=C\C/C=C\C/C=C\C/C=C\CCCCCCCCCCC(=O)OCC(COC(=O)CCCCC/C=C\C/C=C\C/C=C\CC)OC(=O)CCCCC/C=C\C/C=C\C/C=C\C/C=C\C/C=C\CC. The van der Waals surface area contributed by atoms with E-state index in [9.17, 15) is 14.4 Å². The maximum Gasteiger partial charge on any atom is 0.306 e. The molecule has 0 amide bonds. The monoisotopic (exact) mass is 1060 g/mol. The molecular weight excluding hydrogens is 949 g/mol. The van der Waals surface area contributed by atoms with E-state index in [-0.39, 0.29) is 37.5 Å². The van der Waals surface area contributed by atoms with E-state index in [1.807, 2.05) is 0 Å². The Bertz CT molecular complexity index is 1790. The van der Waals surface area contributed by atoms with Crippen LogP contribution < -0.4 is 0 Å². The summed E-state index contributed by atoms with van der Waals surface area (Å²) in [5.74, 6) is -0.992. The van der Waals surface area contributed by atoms with Crippen molar-refractivity contribution in [2.24, 2.45) is 0 Å². The smallest absolute Gasteiger partial charge is 0.306 e. The van der Waals surface area contributed by atoms with Gasteiger partial charge in [-0.1, -0.05) is 242 Å². The predicted molar refractivity (Wildman–Crippen MR) is 334 cm³/mol. The topological polar surface area (TPSA) is 78.9 Å². The van der Waals surface area contributed by atoms with Gasteiger partial charge in [-0.25, -0.2) is 0 Å². The molecule has 0 aliphatic heterocycles. The molecule has 0 spiro atoms. The van der Waals surface area contributed by atoms with Crippen molar-refractivity contribution in [3.8, 4) is 0 Å². The first-order chi connectivity index (χ1) is 38.0. The van der Waals surface area contributed by atoms with Gasteiger partial charge in [-0.2, -0.15) is 0 Å². The Balaban J connectivity index is 4.45. The number of rotatable bonds is 53. The molecular formula is C71H110O6. The molecule has 0 bridgehead atoms. The van der Waals surface area contributed by atoms with Crippen LogP contribution in [0, 0.1) is 0 Å². The lowest BCUT2D eigenvalue weighted by molar-refractivity contribution is -0.167. The van der Waals surface area contributed by atoms with Crippen molar-refractivity contribution in [3.05, 3.63) is 170 Å². The van der Waals surface area contributed by atoms with E-state index in [0.29, 0.717) is 19.3 Å². The van der Waals surface area contributed by atoms with Crippen molar-refractivity contribution < 1.29 is 28.6 Å². The number of hydrogen-bond donors (Lipinski definition) is 0. The molecule has 1 atom stereocenters. The third-order valence-electron chi connectivity index (χ3n) is 12.2. The Morgan fingerprint density at radius 3 is 0.740 bits per heavy atom. The van der Waals surface area contributed by atoms with E-state index in [1.165, 1.54) is 32.1 Å². The largest absolute Gasteiger partial charge is 0.462 e. The quantitative estimate of drug-likeness (QED) is 0.0261. The van der Waals surface area contributed by atoms with Gasteiger partial charge in [0.1, 0.15) is 13.2 Å². The van der Waals surface area contributed by atoms with Crippen LogP contribution in [0.1, 0.15) is 239 Å². The van der Waals surface area contributed by atoms with Crippen molar-refractivity contribution in [1.82, 2.24) is 0 Å². The van der Waals surface area contributed by atoms with Gasteiger partial charge in [0.05, 0.1) is 0 Å². The second-order valence-electron chi connectivity index (χ2n) is 19.5. The Hall–Kier alpha value is -5.23. The molecule has 0 aliphatic rings. The van der Waals surface area contributed by atoms with Crippen molar-refractivity contribution >= 4 is 17.9 Å². The van der Waals surface area contributed by atoms with Gasteiger partial charge in [-0.3, -0.25) is 14.4 Å². The fraction of sp³-hybridized carbons (Fsp3) is 0.563. The highest BCUT2D eigenvalue weighted by Gasteiger charge is 2.19. The number of carbonyl (C=O) groups is 3. The van der Waals surface area contributed by atoms with E-state index in [4.69, 9.17) is 14.2 Å². The van der Waals surface area contributed by atoms with Crippen LogP contribution in [0.3, 0.4) is 0 Å². The zero-order valence-corrected chi connectivity index (χ0v) is 49.1. The highest BCUT2D eigenvalue weighted by molar-refractivity contribution is 5.71. The Labute approximate surface area is 472 Å². The van der Waals surface area contributed by atoms with Gasteiger partial charge in [-0.15, -0.1) is 0 Å². The van der Waals surface area contributed by atoms with Crippen molar-refractivity contribution in [2.75, 3.05) is 13.2 Å². The fourth-order valence-corrected chi connectivity index (χ4v) is 7.72. The maximum atomic E-state index is 12.9. The van der Waals surface area contributed by atoms with Crippen molar-refractivity contribution in [3.63, 3.8) is 0 Å². The minimum atomic E-state index is -0.821. The predicted octanol–water partition coefficient (Wildman–Crippen LogP) is 21.1. The molecule has 0 aromatic carbocycles. The van der Waals surface area contributed by atoms with Crippen LogP contribution in [0.15, 0.2) is 170 Å². The number of esters is 3. The molecule has 430 valence electrons. The molecule has 0 N–H and O–H groups in total. The summed E-state index contributed by atoms with van der Waals surface area (Å²) in [5.41, 5.74) is 0. The average molecular weight is 1060 g/mol. The van der Waals surface area contributed by atoms with E-state index in [2.05, 4.69) is 191 Å². The lowest BCUT2D eigenvalue weighted by Crippen LogP contribution is -2.30. The number of hydrogen-bond acceptors (Lipinski definition) is 6. The molecule has 0 rings (SSSR count). The van der Waals surface area contributed by atoms with Gasteiger partial charge in [-0.05, 0) is 148 Å². The zero-order chi connectivity index (χ0) is 55.7. The van der Waals surface area contributed by atoms with Crippen LogP contribution in [0.4, 0.5) is 0 Å². The average Bonchev–Trinajstić information content (AvgIpc) is 3.43. The zero-order valence-electron chi connectivity index (χ0n) is 49.1. The summed E-state index contributed by atoms with van der Waals surface area (Å²) in [6.07, 6.45) is 93.5. The minimum absolute atomic E-state index is 0.114. The fourth-order valence-electron chi connectivity index (χ4n) is 7.72. The standard InChI is InChI=1S/C71H110O6/c1-4-7-10-13-16-19-22-25-27-29-31-32-33-34-35-36-37-38-40-41-43-46-49-52-55-58-61-64-70(73)76-67-68(66-75-69(72)63-60-57-54-51-48-45-24-21-18-15-12-9-6-3)77-71(74)65-62-59-56-53-50-47-44-42-39-30-28-26-23-20-17-14-11-8-5-2/h7-12,16-21,25-28,31-32,34-35,37-39,42,45,47-48,50,68H,4-6,13-15,22-24,29-30,33,36,40-41,43-44,46,49,51-67H2,1-3H3/b10-7-,11-8-,12-9-,19-16-,20-17-,21-18-,27-25-,28-26-,32-31-,35-34-,38-37-,42-39-,48-45-,50-47-. The first-order valence-corrected chi connectivity index (χ1v) is 30.6. The molecule has 0 saturated carbocycles. The molecule has 0 aliphatic carbocycles. The molecule has 0 radical (unpaired) electrons. The summed E-state index contributed by atoms with van der Waals surface area (Å²) < 4.78 is 16.8. The molecule has 0 heterocycles. The van der Waals surface area contributed by atoms with E-state index >= 15 is 0 Å². The first-order valence-electron chi connectivity index (χ1n) is 30.6. The maximum absolute atomic E-state index is 12.9. The van der Waals surface area contributed by atoms with Gasteiger partial charge in [0.2, 0.25) is 0 Å². The molecule has 6 nitrogen and oxygen atoms in total. The van der Waals surface area contributed by atoms with Gasteiger partial charge in [0.25, 0.3) is 0 Å². The molecule has 77 heavy (non-hydrogen) atoms. The van der Waals surface area contributed by atoms with Crippen molar-refractivity contribution in [1.29, 1.82) is 0 Å². The van der Waals surface area contributed by atoms with Crippen LogP contribution in [-0.4, -0.2) is 37.2 Å². The van der Waals surface area contributed by atoms with Crippen LogP contribution >= 0.6 is 0 Å². The highest BCUT2D eigenvalue weighted by atomic mass is 16.6. The summed E-state index contributed by atoms with van der Waals surface area (Å²) in [6, 6.07) is 0. The molecule has 0 aromatic heterocycles. The van der Waals surface area contributed by atoms with Crippen LogP contribution in [0.25, 0.3) is 0 Å². The Morgan fingerprint density at radius 2 is 0.468 bits per heavy atom. The highest BCUT2D eigenvalue weighted by Crippen LogP contribution is 2.13. The van der Waals surface area contributed by atoms with Crippen LogP contribution in [-0.2, 0) is 28.6 Å². The van der Waals surface area contributed by atoms with Crippen LogP contribution in [0.2, 0.25) is 0 Å².